The zero-order valence-corrected chi connectivity index (χ0v) is 21.7. The third kappa shape index (κ3) is 6.16. The van der Waals surface area contributed by atoms with Gasteiger partial charge in [-0.1, -0.05) is 19.1 Å². The number of carbonyl (C=O) groups is 3. The van der Waals surface area contributed by atoms with Crippen molar-refractivity contribution < 1.29 is 49.9 Å². The van der Waals surface area contributed by atoms with Crippen molar-refractivity contribution in [2.24, 2.45) is 5.92 Å². The first kappa shape index (κ1) is 29.2. The zero-order chi connectivity index (χ0) is 29.6. The molecule has 2 aromatic carbocycles. The van der Waals surface area contributed by atoms with E-state index in [9.17, 15) is 44.8 Å². The molecule has 2 amide bonds. The van der Waals surface area contributed by atoms with Gasteiger partial charge in [-0.15, -0.1) is 0 Å². The van der Waals surface area contributed by atoms with E-state index in [0.717, 1.165) is 12.1 Å². The van der Waals surface area contributed by atoms with Gasteiger partial charge in [-0.25, -0.2) is 17.2 Å². The van der Waals surface area contributed by atoms with Crippen LogP contribution in [-0.2, 0) is 25.6 Å². The largest absolute Gasteiger partial charge is 0.480 e. The van der Waals surface area contributed by atoms with Crippen LogP contribution in [-0.4, -0.2) is 54.5 Å². The Morgan fingerprint density at radius 1 is 1.12 bits per heavy atom. The number of likely N-dealkylation sites (tertiary alicyclic amines) is 1. The van der Waals surface area contributed by atoms with E-state index in [1.165, 1.54) is 17.0 Å². The number of carbonyl (C=O) groups excluding carboxylic acids is 2. The average Bonchev–Trinajstić information content (AvgIpc) is 3.62. The lowest BCUT2D eigenvalue weighted by Crippen LogP contribution is -2.47. The van der Waals surface area contributed by atoms with Crippen LogP contribution >= 0.6 is 0 Å². The summed E-state index contributed by atoms with van der Waals surface area (Å²) in [7, 11) is -4.24. The minimum atomic E-state index is -5.12. The number of aliphatic carboxylic acids is 1. The van der Waals surface area contributed by atoms with E-state index in [1.807, 2.05) is 0 Å². The number of halogens is 5. The summed E-state index contributed by atoms with van der Waals surface area (Å²) in [6.07, 6.45) is -3.05. The van der Waals surface area contributed by atoms with Crippen LogP contribution in [0.2, 0.25) is 0 Å². The smallest absolute Gasteiger partial charge is 0.419 e. The summed E-state index contributed by atoms with van der Waals surface area (Å²) < 4.78 is 92.6. The Morgan fingerprint density at radius 2 is 1.80 bits per heavy atom. The molecule has 0 spiro atoms. The minimum absolute atomic E-state index is 0.0334. The maximum absolute atomic E-state index is 14.7. The Labute approximate surface area is 225 Å². The number of amides is 2. The highest BCUT2D eigenvalue weighted by Gasteiger charge is 2.41. The molecule has 3 atom stereocenters. The van der Waals surface area contributed by atoms with Gasteiger partial charge in [0.25, 0.3) is 5.91 Å². The van der Waals surface area contributed by atoms with Crippen molar-refractivity contribution in [2.45, 2.75) is 42.9 Å². The first-order valence-electron chi connectivity index (χ1n) is 12.0. The lowest BCUT2D eigenvalue weighted by atomic mass is 9.99. The van der Waals surface area contributed by atoms with E-state index in [2.05, 4.69) is 5.32 Å². The summed E-state index contributed by atoms with van der Waals surface area (Å²) in [6, 6.07) is 2.77. The lowest BCUT2D eigenvalue weighted by molar-refractivity contribution is -0.140. The van der Waals surface area contributed by atoms with Crippen molar-refractivity contribution in [3.63, 3.8) is 0 Å². The number of sulfone groups is 1. The lowest BCUT2D eigenvalue weighted by Gasteiger charge is -2.27. The number of alkyl halides is 3. The normalized spacial score (nSPS) is 19.6. The van der Waals surface area contributed by atoms with Crippen molar-refractivity contribution in [1.82, 2.24) is 10.2 Å². The summed E-state index contributed by atoms with van der Waals surface area (Å²) in [5, 5.41) is 11.4. The Bertz CT molecular complexity index is 1520. The van der Waals surface area contributed by atoms with Crippen LogP contribution in [0.1, 0.15) is 47.3 Å². The Morgan fingerprint density at radius 3 is 2.40 bits per heavy atom. The second kappa shape index (κ2) is 10.6. The van der Waals surface area contributed by atoms with Gasteiger partial charge in [-0.2, -0.15) is 13.2 Å². The van der Waals surface area contributed by atoms with Gasteiger partial charge in [0.1, 0.15) is 17.7 Å². The average molecular weight is 587 g/mol. The molecule has 1 heterocycles. The molecule has 4 rings (SSSR count). The third-order valence-corrected chi connectivity index (χ3v) is 8.23. The van der Waals surface area contributed by atoms with Gasteiger partial charge in [-0.3, -0.25) is 14.4 Å². The molecule has 0 radical (unpaired) electrons. The SMILES string of the molecule is C[C@@H]1C[C@H](C(=O)N[C@H](C2=CC2)c2cc(F)c(C(F)(F)F)cc2F)N(C(=O)c2cccc(S(=O)(=O)CC(=O)O)c2)C1. The van der Waals surface area contributed by atoms with Crippen molar-refractivity contribution in [1.29, 1.82) is 0 Å². The Balaban J connectivity index is 1.59. The van der Waals surface area contributed by atoms with E-state index in [1.54, 1.807) is 13.0 Å². The highest BCUT2D eigenvalue weighted by molar-refractivity contribution is 7.92. The van der Waals surface area contributed by atoms with E-state index in [-0.39, 0.29) is 30.5 Å². The molecule has 2 aliphatic rings. The highest BCUT2D eigenvalue weighted by atomic mass is 32.2. The van der Waals surface area contributed by atoms with Gasteiger partial charge in [-0.05, 0) is 54.7 Å². The van der Waals surface area contributed by atoms with Gasteiger partial charge in [0.2, 0.25) is 5.91 Å². The summed E-state index contributed by atoms with van der Waals surface area (Å²) in [5.74, 6) is -7.48. The van der Waals surface area contributed by atoms with Crippen LogP contribution in [0.15, 0.2) is 52.9 Å². The molecule has 214 valence electrons. The van der Waals surface area contributed by atoms with Gasteiger partial charge >= 0.3 is 12.1 Å². The molecule has 2 N–H and O–H groups in total. The molecule has 0 unspecified atom stereocenters. The summed E-state index contributed by atoms with van der Waals surface area (Å²) in [5.41, 5.74) is -1.94. The molecule has 8 nitrogen and oxygen atoms in total. The quantitative estimate of drug-likeness (QED) is 0.358. The maximum atomic E-state index is 14.7. The molecule has 1 saturated heterocycles. The third-order valence-electron chi connectivity index (χ3n) is 6.63. The first-order valence-corrected chi connectivity index (χ1v) is 13.6. The number of allylic oxidation sites excluding steroid dienone is 1. The fourth-order valence-corrected chi connectivity index (χ4v) is 5.74. The summed E-state index contributed by atoms with van der Waals surface area (Å²) >= 11 is 0. The molecular weight excluding hydrogens is 563 g/mol. The molecule has 0 saturated carbocycles. The van der Waals surface area contributed by atoms with E-state index >= 15 is 0 Å². The van der Waals surface area contributed by atoms with Crippen LogP contribution in [0.5, 0.6) is 0 Å². The van der Waals surface area contributed by atoms with Crippen LogP contribution < -0.4 is 5.32 Å². The number of nitrogens with zero attached hydrogens (tertiary/aromatic N) is 1. The maximum Gasteiger partial charge on any atom is 0.419 e. The summed E-state index contributed by atoms with van der Waals surface area (Å²) in [6.45, 7) is 1.85. The van der Waals surface area contributed by atoms with E-state index in [4.69, 9.17) is 5.11 Å². The standard InChI is InChI=1S/C26H23F5N2O6S/c1-13-7-21(33(11-13)25(37)15-3-2-4-16(8-15)40(38,39)12-22(34)35)24(36)32-23(14-5-6-14)17-9-20(28)18(10-19(17)27)26(29,30)31/h2-5,8-10,13,21,23H,6-7,11-12H2,1H3,(H,32,36)(H,34,35)/t13-,21-,23-/m1/s1. The van der Waals surface area contributed by atoms with Crippen molar-refractivity contribution in [3.05, 3.63) is 76.4 Å². The number of benzene rings is 2. The number of nitrogens with one attached hydrogen (secondary N) is 1. The second-order valence-corrected chi connectivity index (χ2v) is 11.8. The molecule has 1 aliphatic carbocycles. The number of rotatable bonds is 8. The minimum Gasteiger partial charge on any atom is -0.480 e. The molecule has 0 aromatic heterocycles. The first-order chi connectivity index (χ1) is 18.6. The molecule has 0 bridgehead atoms. The zero-order valence-electron chi connectivity index (χ0n) is 20.8. The predicted molar refractivity (Wildman–Crippen MR) is 130 cm³/mol. The van der Waals surface area contributed by atoms with Gasteiger partial charge < -0.3 is 15.3 Å². The van der Waals surface area contributed by atoms with E-state index in [0.29, 0.717) is 18.1 Å². The van der Waals surface area contributed by atoms with Crippen molar-refractivity contribution in [3.8, 4) is 0 Å². The molecule has 1 aliphatic heterocycles. The number of hydrogen-bond donors (Lipinski definition) is 2. The monoisotopic (exact) mass is 586 g/mol. The Hall–Kier alpha value is -3.81. The van der Waals surface area contributed by atoms with Gasteiger partial charge in [0, 0.05) is 17.7 Å². The molecular formula is C26H23F5N2O6S. The highest BCUT2D eigenvalue weighted by Crippen LogP contribution is 2.39. The molecule has 40 heavy (non-hydrogen) atoms. The second-order valence-electron chi connectivity index (χ2n) is 9.77. The van der Waals surface area contributed by atoms with Crippen LogP contribution in [0.4, 0.5) is 22.0 Å². The van der Waals surface area contributed by atoms with Gasteiger partial charge in [0.15, 0.2) is 15.6 Å². The van der Waals surface area contributed by atoms with Crippen LogP contribution in [0, 0.1) is 17.6 Å². The summed E-state index contributed by atoms with van der Waals surface area (Å²) in [4.78, 5) is 38.4. The Kier molecular flexibility index (Phi) is 7.76. The van der Waals surface area contributed by atoms with Crippen LogP contribution in [0.25, 0.3) is 0 Å². The van der Waals surface area contributed by atoms with Crippen LogP contribution in [0.3, 0.4) is 0 Å². The van der Waals surface area contributed by atoms with Crippen molar-refractivity contribution >= 4 is 27.6 Å². The number of carboxylic acid groups (broad SMARTS) is 1. The number of hydrogen-bond acceptors (Lipinski definition) is 5. The van der Waals surface area contributed by atoms with Crippen molar-refractivity contribution in [2.75, 3.05) is 12.3 Å². The molecule has 1 fully saturated rings. The van der Waals surface area contributed by atoms with E-state index < -0.39 is 79.3 Å². The number of carboxylic acids is 1. The van der Waals surface area contributed by atoms with Gasteiger partial charge in [0.05, 0.1) is 16.5 Å². The molecule has 14 heteroatoms. The fourth-order valence-electron chi connectivity index (χ4n) is 4.66. The molecule has 2 aromatic rings. The topological polar surface area (TPSA) is 121 Å². The predicted octanol–water partition coefficient (Wildman–Crippen LogP) is 3.88. The fraction of sp³-hybridized carbons (Fsp3) is 0.346.